The first-order valence-electron chi connectivity index (χ1n) is 8.27. The van der Waals surface area contributed by atoms with Gasteiger partial charge in [0.05, 0.1) is 0 Å². The molecule has 0 aliphatic carbocycles. The van der Waals surface area contributed by atoms with Gasteiger partial charge in [-0.3, -0.25) is 9.88 Å². The van der Waals surface area contributed by atoms with Gasteiger partial charge in [0.2, 0.25) is 0 Å². The first-order chi connectivity index (χ1) is 11.9. The molecule has 0 aliphatic heterocycles. The van der Waals surface area contributed by atoms with Crippen LogP contribution in [-0.4, -0.2) is 16.4 Å². The second-order valence-corrected chi connectivity index (χ2v) is 5.83. The molecule has 3 aromatic rings. The summed E-state index contributed by atoms with van der Waals surface area (Å²) >= 11 is 0. The minimum absolute atomic E-state index is 0.891. The van der Waals surface area contributed by atoms with Crippen molar-refractivity contribution in [2.75, 3.05) is 6.54 Å². The number of hydrogen-bond donors (Lipinski definition) is 0. The highest BCUT2D eigenvalue weighted by molar-refractivity contribution is 5.48. The quantitative estimate of drug-likeness (QED) is 0.623. The summed E-state index contributed by atoms with van der Waals surface area (Å²) in [6.07, 6.45) is 8.18. The summed E-state index contributed by atoms with van der Waals surface area (Å²) in [5.74, 6) is 0. The van der Waals surface area contributed by atoms with Gasteiger partial charge in [-0.1, -0.05) is 78.9 Å². The number of benzene rings is 2. The van der Waals surface area contributed by atoms with Crippen LogP contribution in [-0.2, 0) is 13.1 Å². The van der Waals surface area contributed by atoms with Crippen LogP contribution in [0.25, 0.3) is 6.08 Å². The number of nitrogens with zero attached hydrogens (tertiary/aromatic N) is 2. The van der Waals surface area contributed by atoms with E-state index in [4.69, 9.17) is 0 Å². The molecule has 2 heteroatoms. The van der Waals surface area contributed by atoms with E-state index >= 15 is 0 Å². The minimum atomic E-state index is 0.891. The maximum absolute atomic E-state index is 4.23. The summed E-state index contributed by atoms with van der Waals surface area (Å²) in [4.78, 5) is 6.65. The third-order valence-corrected chi connectivity index (χ3v) is 3.85. The zero-order valence-electron chi connectivity index (χ0n) is 13.8. The number of rotatable bonds is 7. The van der Waals surface area contributed by atoms with Crippen molar-refractivity contribution in [3.63, 3.8) is 0 Å². The van der Waals surface area contributed by atoms with Crippen LogP contribution in [0.1, 0.15) is 16.7 Å². The Kier molecular flexibility index (Phi) is 5.93. The first-order valence-corrected chi connectivity index (χ1v) is 8.27. The van der Waals surface area contributed by atoms with Gasteiger partial charge in [0.15, 0.2) is 0 Å². The highest BCUT2D eigenvalue weighted by atomic mass is 15.1. The number of aromatic nitrogens is 1. The van der Waals surface area contributed by atoms with Crippen LogP contribution in [0.15, 0.2) is 91.3 Å². The maximum Gasteiger partial charge on any atom is 0.0312 e. The Hall–Kier alpha value is -2.71. The molecular weight excluding hydrogens is 292 g/mol. The molecule has 0 fully saturated rings. The van der Waals surface area contributed by atoms with Crippen molar-refractivity contribution in [1.82, 2.24) is 9.88 Å². The number of hydrogen-bond acceptors (Lipinski definition) is 2. The van der Waals surface area contributed by atoms with E-state index in [0.29, 0.717) is 0 Å². The summed E-state index contributed by atoms with van der Waals surface area (Å²) in [6, 6.07) is 25.2. The van der Waals surface area contributed by atoms with E-state index in [9.17, 15) is 0 Å². The van der Waals surface area contributed by atoms with Gasteiger partial charge >= 0.3 is 0 Å². The lowest BCUT2D eigenvalue weighted by molar-refractivity contribution is 0.286. The van der Waals surface area contributed by atoms with Crippen molar-refractivity contribution in [2.45, 2.75) is 13.1 Å². The summed E-state index contributed by atoms with van der Waals surface area (Å²) in [5, 5.41) is 0. The lowest BCUT2D eigenvalue weighted by Crippen LogP contribution is -2.23. The lowest BCUT2D eigenvalue weighted by atomic mass is 10.2. The third-order valence-electron chi connectivity index (χ3n) is 3.85. The Morgan fingerprint density at radius 3 is 2.12 bits per heavy atom. The molecule has 3 rings (SSSR count). The summed E-state index contributed by atoms with van der Waals surface area (Å²) < 4.78 is 0. The lowest BCUT2D eigenvalue weighted by Gasteiger charge is -2.21. The summed E-state index contributed by atoms with van der Waals surface area (Å²) in [6.45, 7) is 2.72. The molecule has 120 valence electrons. The Balaban J connectivity index is 1.68. The van der Waals surface area contributed by atoms with E-state index in [1.807, 2.05) is 24.5 Å². The van der Waals surface area contributed by atoms with Gasteiger partial charge in [-0.05, 0) is 22.8 Å². The van der Waals surface area contributed by atoms with E-state index in [1.165, 1.54) is 16.7 Å². The van der Waals surface area contributed by atoms with Gasteiger partial charge in [0.25, 0.3) is 0 Å². The fraction of sp³-hybridized carbons (Fsp3) is 0.136. The Morgan fingerprint density at radius 1 is 0.750 bits per heavy atom. The highest BCUT2D eigenvalue weighted by Crippen LogP contribution is 2.10. The van der Waals surface area contributed by atoms with Crippen LogP contribution in [0.4, 0.5) is 0 Å². The summed E-state index contributed by atoms with van der Waals surface area (Å²) in [7, 11) is 0. The molecule has 0 bridgehead atoms. The molecule has 2 aromatic carbocycles. The van der Waals surface area contributed by atoms with Crippen LogP contribution >= 0.6 is 0 Å². The van der Waals surface area contributed by atoms with Crippen LogP contribution in [0, 0.1) is 0 Å². The predicted molar refractivity (Wildman–Crippen MR) is 100 cm³/mol. The molecule has 1 aromatic heterocycles. The van der Waals surface area contributed by atoms with Crippen LogP contribution in [0.2, 0.25) is 0 Å². The van der Waals surface area contributed by atoms with Crippen molar-refractivity contribution in [3.8, 4) is 0 Å². The van der Waals surface area contributed by atoms with Gasteiger partial charge in [0.1, 0.15) is 0 Å². The fourth-order valence-electron chi connectivity index (χ4n) is 2.68. The average molecular weight is 314 g/mol. The normalized spacial score (nSPS) is 11.2. The molecule has 2 nitrogen and oxygen atoms in total. The molecule has 0 N–H and O–H groups in total. The zero-order valence-corrected chi connectivity index (χ0v) is 13.8. The average Bonchev–Trinajstić information content (AvgIpc) is 2.64. The van der Waals surface area contributed by atoms with Gasteiger partial charge < -0.3 is 0 Å². The van der Waals surface area contributed by atoms with Crippen LogP contribution < -0.4 is 0 Å². The monoisotopic (exact) mass is 314 g/mol. The standard InChI is InChI=1S/C22H22N2/c1-3-9-20(10-4-1)14-8-16-24(18-21-11-5-2-6-12-21)19-22-13-7-15-23-17-22/h1-15,17H,16,18-19H2/b14-8+. The Morgan fingerprint density at radius 2 is 1.42 bits per heavy atom. The highest BCUT2D eigenvalue weighted by Gasteiger charge is 2.05. The van der Waals surface area contributed by atoms with Gasteiger partial charge in [-0.15, -0.1) is 0 Å². The van der Waals surface area contributed by atoms with Crippen molar-refractivity contribution < 1.29 is 0 Å². The van der Waals surface area contributed by atoms with Gasteiger partial charge in [-0.2, -0.15) is 0 Å². The molecule has 0 amide bonds. The maximum atomic E-state index is 4.23. The molecule has 0 atom stereocenters. The zero-order chi connectivity index (χ0) is 16.5. The molecule has 0 spiro atoms. The fourth-order valence-corrected chi connectivity index (χ4v) is 2.68. The molecule has 0 unspecified atom stereocenters. The predicted octanol–water partition coefficient (Wildman–Crippen LogP) is 4.80. The van der Waals surface area contributed by atoms with Crippen LogP contribution in [0.5, 0.6) is 0 Å². The first kappa shape index (κ1) is 16.2. The van der Waals surface area contributed by atoms with Crippen molar-refractivity contribution >= 4 is 6.08 Å². The number of pyridine rings is 1. The van der Waals surface area contributed by atoms with Crippen molar-refractivity contribution in [2.24, 2.45) is 0 Å². The minimum Gasteiger partial charge on any atom is -0.291 e. The SMILES string of the molecule is C(=C\c1ccccc1)/CN(Cc1ccccc1)Cc1cccnc1. The summed E-state index contributed by atoms with van der Waals surface area (Å²) in [5.41, 5.74) is 3.80. The second-order valence-electron chi connectivity index (χ2n) is 5.83. The van der Waals surface area contributed by atoms with Crippen LogP contribution in [0.3, 0.4) is 0 Å². The Labute approximate surface area is 144 Å². The topological polar surface area (TPSA) is 16.1 Å². The second kappa shape index (κ2) is 8.80. The smallest absolute Gasteiger partial charge is 0.0312 e. The van der Waals surface area contributed by atoms with Gasteiger partial charge in [0, 0.05) is 32.0 Å². The Bertz CT molecular complexity index is 695. The molecule has 24 heavy (non-hydrogen) atoms. The van der Waals surface area contributed by atoms with E-state index < -0.39 is 0 Å². The molecular formula is C22H22N2. The molecule has 0 radical (unpaired) electrons. The third kappa shape index (κ3) is 5.18. The largest absolute Gasteiger partial charge is 0.291 e. The van der Waals surface area contributed by atoms with E-state index in [-0.39, 0.29) is 0 Å². The van der Waals surface area contributed by atoms with E-state index in [1.54, 1.807) is 0 Å². The van der Waals surface area contributed by atoms with Gasteiger partial charge in [-0.25, -0.2) is 0 Å². The molecule has 0 saturated heterocycles. The molecule has 1 heterocycles. The van der Waals surface area contributed by atoms with E-state index in [0.717, 1.165) is 19.6 Å². The van der Waals surface area contributed by atoms with Crippen molar-refractivity contribution in [1.29, 1.82) is 0 Å². The molecule has 0 aliphatic rings. The molecule has 0 saturated carbocycles. The van der Waals surface area contributed by atoms with E-state index in [2.05, 4.69) is 82.7 Å². The van der Waals surface area contributed by atoms with Crippen molar-refractivity contribution in [3.05, 3.63) is 108 Å².